The Balaban J connectivity index is 2.71. The highest BCUT2D eigenvalue weighted by atomic mass is 35.5. The zero-order chi connectivity index (χ0) is 12.3. The maximum atomic E-state index is 5.88. The van der Waals surface area contributed by atoms with Crippen LogP contribution in [0.3, 0.4) is 0 Å². The van der Waals surface area contributed by atoms with Crippen LogP contribution in [0.1, 0.15) is 13.8 Å². The summed E-state index contributed by atoms with van der Waals surface area (Å²) in [5.41, 5.74) is -0.110. The van der Waals surface area contributed by atoms with E-state index in [1.54, 1.807) is 0 Å². The average Bonchev–Trinajstić information content (AvgIpc) is 2.19. The number of halogens is 2. The van der Waals surface area contributed by atoms with E-state index in [2.05, 4.69) is 28.7 Å². The molecule has 0 aliphatic heterocycles. The lowest BCUT2D eigenvalue weighted by Crippen LogP contribution is -2.43. The highest BCUT2D eigenvalue weighted by Gasteiger charge is 2.22. The predicted molar refractivity (Wildman–Crippen MR) is 65.3 cm³/mol. The van der Waals surface area contributed by atoms with Gasteiger partial charge in [0.05, 0.1) is 6.20 Å². The summed E-state index contributed by atoms with van der Waals surface area (Å²) >= 11 is 11.5. The molecule has 1 heterocycles. The molecule has 0 bridgehead atoms. The van der Waals surface area contributed by atoms with E-state index in [4.69, 9.17) is 27.9 Å². The third-order valence-electron chi connectivity index (χ3n) is 2.46. The average molecular weight is 264 g/mol. The quantitative estimate of drug-likeness (QED) is 0.783. The second-order valence-electron chi connectivity index (χ2n) is 4.29. The fraction of sp³-hybridized carbons (Fsp3) is 0.600. The van der Waals surface area contributed by atoms with Crippen LogP contribution in [0, 0.1) is 0 Å². The van der Waals surface area contributed by atoms with Crippen molar-refractivity contribution in [2.24, 2.45) is 0 Å². The van der Waals surface area contributed by atoms with Gasteiger partial charge < -0.3 is 9.64 Å². The van der Waals surface area contributed by atoms with E-state index in [0.717, 1.165) is 0 Å². The zero-order valence-electron chi connectivity index (χ0n) is 9.79. The number of nitrogens with zero attached hydrogens (tertiary/aromatic N) is 3. The van der Waals surface area contributed by atoms with Gasteiger partial charge in [-0.3, -0.25) is 0 Å². The first-order chi connectivity index (χ1) is 7.33. The Morgan fingerprint density at radius 1 is 1.38 bits per heavy atom. The monoisotopic (exact) mass is 263 g/mol. The van der Waals surface area contributed by atoms with Crippen molar-refractivity contribution in [2.45, 2.75) is 19.4 Å². The van der Waals surface area contributed by atoms with E-state index in [0.29, 0.717) is 17.5 Å². The number of ether oxygens (including phenoxy) is 1. The molecule has 1 aromatic rings. The van der Waals surface area contributed by atoms with Crippen molar-refractivity contribution in [2.75, 3.05) is 20.7 Å². The zero-order valence-corrected chi connectivity index (χ0v) is 11.3. The van der Waals surface area contributed by atoms with Crippen molar-refractivity contribution in [3.05, 3.63) is 16.5 Å². The van der Waals surface area contributed by atoms with Crippen LogP contribution >= 0.6 is 23.2 Å². The molecule has 0 amide bonds. The van der Waals surface area contributed by atoms with Gasteiger partial charge in [-0.2, -0.15) is 4.98 Å². The van der Waals surface area contributed by atoms with E-state index < -0.39 is 0 Å². The summed E-state index contributed by atoms with van der Waals surface area (Å²) in [6, 6.07) is 0. The Labute approximate surface area is 106 Å². The molecule has 0 fully saturated rings. The van der Waals surface area contributed by atoms with Gasteiger partial charge in [0.15, 0.2) is 0 Å². The molecule has 0 atom stereocenters. The highest BCUT2D eigenvalue weighted by Crippen LogP contribution is 2.23. The molecule has 6 heteroatoms. The molecule has 0 aromatic carbocycles. The van der Waals surface area contributed by atoms with Gasteiger partial charge in [0.25, 0.3) is 0 Å². The molecule has 0 spiro atoms. The largest absolute Gasteiger partial charge is 0.475 e. The highest BCUT2D eigenvalue weighted by molar-refractivity contribution is 6.32. The molecule has 0 unspecified atom stereocenters. The van der Waals surface area contributed by atoms with Gasteiger partial charge in [0.1, 0.15) is 11.6 Å². The Morgan fingerprint density at radius 3 is 2.56 bits per heavy atom. The summed E-state index contributed by atoms with van der Waals surface area (Å²) in [7, 11) is 3.97. The molecular formula is C10H15Cl2N3O. The summed E-state index contributed by atoms with van der Waals surface area (Å²) in [4.78, 5) is 9.73. The maximum Gasteiger partial charge on any atom is 0.237 e. The lowest BCUT2D eigenvalue weighted by molar-refractivity contribution is 0.111. The lowest BCUT2D eigenvalue weighted by atomic mass is 10.1. The second kappa shape index (κ2) is 5.17. The second-order valence-corrected chi connectivity index (χ2v) is 5.03. The van der Waals surface area contributed by atoms with Gasteiger partial charge in [-0.15, -0.1) is 0 Å². The van der Waals surface area contributed by atoms with Crippen LogP contribution in [-0.2, 0) is 0 Å². The van der Waals surface area contributed by atoms with Gasteiger partial charge >= 0.3 is 0 Å². The van der Waals surface area contributed by atoms with Crippen LogP contribution in [0.2, 0.25) is 10.3 Å². The summed E-state index contributed by atoms with van der Waals surface area (Å²) in [5.74, 6) is 0.316. The summed E-state index contributed by atoms with van der Waals surface area (Å²) in [6.45, 7) is 4.58. The molecule has 0 radical (unpaired) electrons. The maximum absolute atomic E-state index is 5.88. The Hall–Kier alpha value is -0.580. The van der Waals surface area contributed by atoms with Crippen molar-refractivity contribution >= 4 is 23.2 Å². The molecular weight excluding hydrogens is 249 g/mol. The molecule has 0 aliphatic carbocycles. The van der Waals surface area contributed by atoms with Crippen LogP contribution in [0.5, 0.6) is 5.88 Å². The van der Waals surface area contributed by atoms with Gasteiger partial charge in [0.2, 0.25) is 11.2 Å². The smallest absolute Gasteiger partial charge is 0.237 e. The fourth-order valence-electron chi connectivity index (χ4n) is 0.807. The first-order valence-corrected chi connectivity index (χ1v) is 5.57. The van der Waals surface area contributed by atoms with E-state index in [1.165, 1.54) is 6.20 Å². The minimum absolute atomic E-state index is 0.110. The normalized spacial score (nSPS) is 11.9. The van der Waals surface area contributed by atoms with E-state index in [9.17, 15) is 0 Å². The van der Waals surface area contributed by atoms with Crippen molar-refractivity contribution in [1.82, 2.24) is 14.9 Å². The van der Waals surface area contributed by atoms with E-state index in [-0.39, 0.29) is 10.8 Å². The van der Waals surface area contributed by atoms with Crippen molar-refractivity contribution < 1.29 is 4.74 Å². The Kier molecular flexibility index (Phi) is 4.35. The lowest BCUT2D eigenvalue weighted by Gasteiger charge is -2.31. The summed E-state index contributed by atoms with van der Waals surface area (Å²) < 4.78 is 5.53. The Bertz CT molecular complexity index is 369. The number of rotatable bonds is 4. The van der Waals surface area contributed by atoms with Crippen molar-refractivity contribution in [1.29, 1.82) is 0 Å². The van der Waals surface area contributed by atoms with Gasteiger partial charge in [-0.1, -0.05) is 11.6 Å². The first-order valence-electron chi connectivity index (χ1n) is 4.81. The minimum atomic E-state index is -0.110. The SMILES string of the molecule is CN(C)C(C)(C)COc1nc(Cl)ncc1Cl. The molecule has 90 valence electrons. The topological polar surface area (TPSA) is 38.2 Å². The van der Waals surface area contributed by atoms with Crippen LogP contribution < -0.4 is 4.74 Å². The molecule has 16 heavy (non-hydrogen) atoms. The van der Waals surface area contributed by atoms with Crippen LogP contribution in [0.25, 0.3) is 0 Å². The minimum Gasteiger partial charge on any atom is -0.475 e. The number of aromatic nitrogens is 2. The van der Waals surface area contributed by atoms with E-state index >= 15 is 0 Å². The van der Waals surface area contributed by atoms with Gasteiger partial charge in [-0.05, 0) is 39.5 Å². The van der Waals surface area contributed by atoms with Crippen molar-refractivity contribution in [3.8, 4) is 5.88 Å². The number of hydrogen-bond donors (Lipinski definition) is 0. The van der Waals surface area contributed by atoms with E-state index in [1.807, 2.05) is 14.1 Å². The predicted octanol–water partition coefficient (Wildman–Crippen LogP) is 2.50. The van der Waals surface area contributed by atoms with Crippen LogP contribution in [0.4, 0.5) is 0 Å². The fourth-order valence-corrected chi connectivity index (χ4v) is 1.08. The molecule has 1 aromatic heterocycles. The third kappa shape index (κ3) is 3.47. The first kappa shape index (κ1) is 13.5. The molecule has 0 saturated carbocycles. The standard InChI is InChI=1S/C10H15Cl2N3O/c1-10(2,15(3)4)6-16-8-7(11)5-13-9(12)14-8/h5H,6H2,1-4H3. The number of hydrogen-bond acceptors (Lipinski definition) is 4. The molecule has 0 N–H and O–H groups in total. The molecule has 0 saturated heterocycles. The summed E-state index contributed by atoms with van der Waals surface area (Å²) in [5, 5.41) is 0.487. The van der Waals surface area contributed by atoms with Gasteiger partial charge in [0, 0.05) is 5.54 Å². The van der Waals surface area contributed by atoms with Crippen LogP contribution in [-0.4, -0.2) is 41.1 Å². The number of likely N-dealkylation sites (N-methyl/N-ethyl adjacent to an activating group) is 1. The summed E-state index contributed by atoms with van der Waals surface area (Å²) in [6.07, 6.45) is 1.43. The van der Waals surface area contributed by atoms with Gasteiger partial charge in [-0.25, -0.2) is 4.98 Å². The van der Waals surface area contributed by atoms with Crippen molar-refractivity contribution in [3.63, 3.8) is 0 Å². The molecule has 1 rings (SSSR count). The Morgan fingerprint density at radius 2 is 2.00 bits per heavy atom. The molecule has 0 aliphatic rings. The molecule has 4 nitrogen and oxygen atoms in total. The third-order valence-corrected chi connectivity index (χ3v) is 2.90. The van der Waals surface area contributed by atoms with Crippen LogP contribution in [0.15, 0.2) is 6.20 Å².